The molecule has 0 saturated carbocycles. The molecule has 1 aromatic rings. The van der Waals surface area contributed by atoms with Crippen LogP contribution >= 0.6 is 0 Å². The van der Waals surface area contributed by atoms with E-state index >= 15 is 0 Å². The molecule has 76 valence electrons. The molecule has 0 bridgehead atoms. The number of nitrogens with two attached hydrogens (primary N) is 1. The van der Waals surface area contributed by atoms with Crippen molar-refractivity contribution in [2.45, 2.75) is 26.3 Å². The fourth-order valence-corrected chi connectivity index (χ4v) is 1.14. The molecule has 3 nitrogen and oxygen atoms in total. The largest absolute Gasteiger partial charge is 0.327 e. The second-order valence-electron chi connectivity index (χ2n) is 3.61. The molecule has 2 unspecified atom stereocenters. The first kappa shape index (κ1) is 10.9. The first-order valence-corrected chi connectivity index (χ1v) is 4.79. The summed E-state index contributed by atoms with van der Waals surface area (Å²) in [7, 11) is 0. The third-order valence-corrected chi connectivity index (χ3v) is 2.38. The fraction of sp³-hybridized carbons (Fsp3) is 0.455. The Labute approximate surface area is 84.3 Å². The van der Waals surface area contributed by atoms with Gasteiger partial charge in [-0.3, -0.25) is 9.78 Å². The van der Waals surface area contributed by atoms with Crippen LogP contribution in [0.5, 0.6) is 0 Å². The lowest BCUT2D eigenvalue weighted by atomic mass is 9.96. The normalized spacial score (nSPS) is 14.8. The Bertz CT molecular complexity index is 295. The van der Waals surface area contributed by atoms with Gasteiger partial charge in [0.1, 0.15) is 5.78 Å². The van der Waals surface area contributed by atoms with Crippen LogP contribution in [0.25, 0.3) is 0 Å². The minimum Gasteiger partial charge on any atom is -0.327 e. The van der Waals surface area contributed by atoms with Gasteiger partial charge in [0.2, 0.25) is 0 Å². The average molecular weight is 192 g/mol. The first-order chi connectivity index (χ1) is 6.61. The minimum absolute atomic E-state index is 0.0915. The van der Waals surface area contributed by atoms with Gasteiger partial charge in [0.25, 0.3) is 0 Å². The molecule has 0 fully saturated rings. The van der Waals surface area contributed by atoms with Crippen molar-refractivity contribution in [3.05, 3.63) is 30.1 Å². The minimum atomic E-state index is -0.1000. The number of hydrogen-bond donors (Lipinski definition) is 1. The molecule has 1 rings (SSSR count). The van der Waals surface area contributed by atoms with Gasteiger partial charge in [-0.2, -0.15) is 0 Å². The SMILES string of the molecule is CC(N)C(C)C(=O)Cc1ccccn1. The van der Waals surface area contributed by atoms with Gasteiger partial charge < -0.3 is 5.73 Å². The van der Waals surface area contributed by atoms with Crippen LogP contribution in [-0.4, -0.2) is 16.8 Å². The lowest BCUT2D eigenvalue weighted by molar-refractivity contribution is -0.122. The van der Waals surface area contributed by atoms with Crippen LogP contribution in [0.1, 0.15) is 19.5 Å². The highest BCUT2D eigenvalue weighted by Crippen LogP contribution is 2.06. The van der Waals surface area contributed by atoms with E-state index in [-0.39, 0.29) is 17.7 Å². The van der Waals surface area contributed by atoms with Gasteiger partial charge in [0, 0.05) is 30.3 Å². The first-order valence-electron chi connectivity index (χ1n) is 4.79. The van der Waals surface area contributed by atoms with E-state index in [1.54, 1.807) is 6.20 Å². The standard InChI is InChI=1S/C11H16N2O/c1-8(9(2)12)11(14)7-10-5-3-4-6-13-10/h3-6,8-9H,7,12H2,1-2H3. The number of ketones is 1. The molecule has 0 spiro atoms. The molecule has 0 radical (unpaired) electrons. The Kier molecular flexibility index (Phi) is 3.77. The molecule has 0 aliphatic heterocycles. The predicted octanol–water partition coefficient (Wildman–Crippen LogP) is 1.18. The van der Waals surface area contributed by atoms with Crippen molar-refractivity contribution in [1.29, 1.82) is 0 Å². The van der Waals surface area contributed by atoms with Crippen molar-refractivity contribution in [3.8, 4) is 0 Å². The summed E-state index contributed by atoms with van der Waals surface area (Å²) >= 11 is 0. The van der Waals surface area contributed by atoms with E-state index in [9.17, 15) is 4.79 Å². The third-order valence-electron chi connectivity index (χ3n) is 2.38. The van der Waals surface area contributed by atoms with Gasteiger partial charge in [-0.15, -0.1) is 0 Å². The van der Waals surface area contributed by atoms with Crippen molar-refractivity contribution in [1.82, 2.24) is 4.98 Å². The van der Waals surface area contributed by atoms with E-state index in [2.05, 4.69) is 4.98 Å². The topological polar surface area (TPSA) is 56.0 Å². The van der Waals surface area contributed by atoms with Crippen molar-refractivity contribution >= 4 is 5.78 Å². The van der Waals surface area contributed by atoms with Crippen LogP contribution in [0.15, 0.2) is 24.4 Å². The Hall–Kier alpha value is -1.22. The Morgan fingerprint density at radius 3 is 2.71 bits per heavy atom. The molecule has 0 amide bonds. The van der Waals surface area contributed by atoms with Crippen LogP contribution in [0.4, 0.5) is 0 Å². The van der Waals surface area contributed by atoms with Crippen LogP contribution in [0, 0.1) is 5.92 Å². The molecule has 0 aliphatic carbocycles. The molecule has 0 aromatic carbocycles. The number of hydrogen-bond acceptors (Lipinski definition) is 3. The zero-order valence-electron chi connectivity index (χ0n) is 8.60. The van der Waals surface area contributed by atoms with E-state index in [1.165, 1.54) is 0 Å². The van der Waals surface area contributed by atoms with Crippen molar-refractivity contribution < 1.29 is 4.79 Å². The number of carbonyl (C=O) groups is 1. The predicted molar refractivity (Wildman–Crippen MR) is 55.8 cm³/mol. The van der Waals surface area contributed by atoms with Crippen LogP contribution in [-0.2, 0) is 11.2 Å². The highest BCUT2D eigenvalue weighted by atomic mass is 16.1. The Balaban J connectivity index is 2.58. The maximum Gasteiger partial charge on any atom is 0.143 e. The highest BCUT2D eigenvalue weighted by Gasteiger charge is 2.17. The van der Waals surface area contributed by atoms with Crippen LogP contribution in [0.2, 0.25) is 0 Å². The van der Waals surface area contributed by atoms with Gasteiger partial charge in [-0.25, -0.2) is 0 Å². The molecule has 14 heavy (non-hydrogen) atoms. The lowest BCUT2D eigenvalue weighted by Crippen LogP contribution is -2.31. The Morgan fingerprint density at radius 1 is 1.50 bits per heavy atom. The van der Waals surface area contributed by atoms with E-state index in [0.717, 1.165) is 5.69 Å². The molecule has 1 heterocycles. The highest BCUT2D eigenvalue weighted by molar-refractivity contribution is 5.83. The summed E-state index contributed by atoms with van der Waals surface area (Å²) in [5.41, 5.74) is 6.46. The summed E-state index contributed by atoms with van der Waals surface area (Å²) in [6.07, 6.45) is 2.07. The average Bonchev–Trinajstić information content (AvgIpc) is 2.18. The summed E-state index contributed by atoms with van der Waals surface area (Å²) in [5.74, 6) is 0.0516. The quantitative estimate of drug-likeness (QED) is 0.779. The number of rotatable bonds is 4. The summed E-state index contributed by atoms with van der Waals surface area (Å²) < 4.78 is 0. The third kappa shape index (κ3) is 2.92. The summed E-state index contributed by atoms with van der Waals surface area (Å²) in [6, 6.07) is 5.48. The molecular formula is C11H16N2O. The fourth-order valence-electron chi connectivity index (χ4n) is 1.14. The van der Waals surface area contributed by atoms with Gasteiger partial charge in [-0.1, -0.05) is 13.0 Å². The van der Waals surface area contributed by atoms with Gasteiger partial charge in [-0.05, 0) is 19.1 Å². The lowest BCUT2D eigenvalue weighted by Gasteiger charge is -2.13. The summed E-state index contributed by atoms with van der Waals surface area (Å²) in [4.78, 5) is 15.7. The molecule has 0 aliphatic rings. The van der Waals surface area contributed by atoms with Crippen molar-refractivity contribution in [2.75, 3.05) is 0 Å². The van der Waals surface area contributed by atoms with Crippen LogP contribution < -0.4 is 5.73 Å². The second-order valence-corrected chi connectivity index (χ2v) is 3.61. The summed E-state index contributed by atoms with van der Waals surface area (Å²) in [5, 5.41) is 0. The van der Waals surface area contributed by atoms with E-state index in [4.69, 9.17) is 5.73 Å². The molecule has 2 N–H and O–H groups in total. The smallest absolute Gasteiger partial charge is 0.143 e. The zero-order chi connectivity index (χ0) is 10.6. The van der Waals surface area contributed by atoms with Gasteiger partial charge >= 0.3 is 0 Å². The maximum absolute atomic E-state index is 11.6. The number of carbonyl (C=O) groups excluding carboxylic acids is 1. The van der Waals surface area contributed by atoms with E-state index in [0.29, 0.717) is 6.42 Å². The monoisotopic (exact) mass is 192 g/mol. The number of nitrogens with zero attached hydrogens (tertiary/aromatic N) is 1. The number of Topliss-reactive ketones (excluding diaryl/α,β-unsaturated/α-hetero) is 1. The van der Waals surface area contributed by atoms with E-state index < -0.39 is 0 Å². The van der Waals surface area contributed by atoms with Gasteiger partial charge in [0.05, 0.1) is 0 Å². The maximum atomic E-state index is 11.6. The van der Waals surface area contributed by atoms with Gasteiger partial charge in [0.15, 0.2) is 0 Å². The number of aromatic nitrogens is 1. The summed E-state index contributed by atoms with van der Waals surface area (Å²) in [6.45, 7) is 3.71. The molecule has 2 atom stereocenters. The molecule has 0 saturated heterocycles. The second kappa shape index (κ2) is 4.86. The molecule has 3 heteroatoms. The zero-order valence-corrected chi connectivity index (χ0v) is 8.60. The van der Waals surface area contributed by atoms with Crippen molar-refractivity contribution in [2.24, 2.45) is 11.7 Å². The van der Waals surface area contributed by atoms with Crippen LogP contribution in [0.3, 0.4) is 0 Å². The Morgan fingerprint density at radius 2 is 2.21 bits per heavy atom. The molecular weight excluding hydrogens is 176 g/mol. The van der Waals surface area contributed by atoms with E-state index in [1.807, 2.05) is 32.0 Å². The number of pyridine rings is 1. The van der Waals surface area contributed by atoms with Crippen molar-refractivity contribution in [3.63, 3.8) is 0 Å². The molecule has 1 aromatic heterocycles.